The molecule has 17 heavy (non-hydrogen) atoms. The van der Waals surface area contributed by atoms with E-state index < -0.39 is 0 Å². The van der Waals surface area contributed by atoms with Crippen molar-refractivity contribution in [1.29, 1.82) is 0 Å². The van der Waals surface area contributed by atoms with Crippen LogP contribution in [0.4, 0.5) is 10.1 Å². The molecular weight excluding hydrogens is 215 g/mol. The fraction of sp³-hybridized carbons (Fsp3) is 0.357. The van der Waals surface area contributed by atoms with Gasteiger partial charge in [-0.2, -0.15) is 0 Å². The molecule has 0 saturated heterocycles. The fourth-order valence-corrected chi connectivity index (χ4v) is 2.69. The van der Waals surface area contributed by atoms with Crippen LogP contribution in [-0.4, -0.2) is 4.98 Å². The molecule has 0 aliphatic heterocycles. The van der Waals surface area contributed by atoms with E-state index in [4.69, 9.17) is 5.73 Å². The zero-order valence-corrected chi connectivity index (χ0v) is 9.62. The monoisotopic (exact) mass is 230 g/mol. The second kappa shape index (κ2) is 3.99. The van der Waals surface area contributed by atoms with Crippen LogP contribution in [0.15, 0.2) is 24.3 Å². The maximum Gasteiger partial charge on any atom is 0.149 e. The van der Waals surface area contributed by atoms with Crippen LogP contribution in [0, 0.1) is 5.82 Å². The summed E-state index contributed by atoms with van der Waals surface area (Å²) in [5.41, 5.74) is 7.99. The quantitative estimate of drug-likeness (QED) is 0.812. The summed E-state index contributed by atoms with van der Waals surface area (Å²) in [5.74, 6) is 0.176. The molecule has 1 aliphatic rings. The third kappa shape index (κ3) is 1.75. The molecule has 0 atom stereocenters. The van der Waals surface area contributed by atoms with Crippen molar-refractivity contribution >= 4 is 16.6 Å². The number of hydrogen-bond donors (Lipinski definition) is 1. The molecule has 0 radical (unpaired) electrons. The Labute approximate surface area is 99.7 Å². The van der Waals surface area contributed by atoms with Crippen molar-refractivity contribution < 1.29 is 4.39 Å². The number of pyridine rings is 1. The van der Waals surface area contributed by atoms with Crippen molar-refractivity contribution in [1.82, 2.24) is 4.98 Å². The summed E-state index contributed by atoms with van der Waals surface area (Å²) in [6.45, 7) is 0. The van der Waals surface area contributed by atoms with Crippen LogP contribution in [0.3, 0.4) is 0 Å². The average molecular weight is 230 g/mol. The number of nitrogens with zero attached hydrogens (tertiary/aromatic N) is 1. The second-order valence-electron chi connectivity index (χ2n) is 4.75. The molecule has 1 aliphatic carbocycles. The van der Waals surface area contributed by atoms with E-state index in [1.807, 2.05) is 12.1 Å². The summed E-state index contributed by atoms with van der Waals surface area (Å²) in [7, 11) is 0. The highest BCUT2D eigenvalue weighted by atomic mass is 19.1. The van der Waals surface area contributed by atoms with E-state index in [9.17, 15) is 4.39 Å². The highest BCUT2D eigenvalue weighted by Gasteiger charge is 2.20. The summed E-state index contributed by atoms with van der Waals surface area (Å²) in [6, 6.07) is 6.84. The third-order valence-electron chi connectivity index (χ3n) is 3.62. The number of anilines is 1. The number of aromatic nitrogens is 1. The first-order valence-electron chi connectivity index (χ1n) is 6.10. The van der Waals surface area contributed by atoms with Crippen molar-refractivity contribution in [2.75, 3.05) is 5.73 Å². The molecule has 1 fully saturated rings. The molecule has 0 bridgehead atoms. The van der Waals surface area contributed by atoms with Gasteiger partial charge in [0.2, 0.25) is 0 Å². The van der Waals surface area contributed by atoms with Gasteiger partial charge in [-0.25, -0.2) is 9.37 Å². The highest BCUT2D eigenvalue weighted by Crippen LogP contribution is 2.35. The van der Waals surface area contributed by atoms with Crippen LogP contribution in [0.5, 0.6) is 0 Å². The Bertz CT molecular complexity index is 559. The standard InChI is InChI=1S/C14H15FN2/c15-11-7-3-6-10-12(16)8-13(17-14(10)11)9-4-1-2-5-9/h3,6-9H,1-2,4-5H2,(H2,16,17). The molecule has 2 aromatic rings. The number of rotatable bonds is 1. The molecule has 2 nitrogen and oxygen atoms in total. The van der Waals surface area contributed by atoms with E-state index in [0.717, 1.165) is 18.5 Å². The van der Waals surface area contributed by atoms with Crippen LogP contribution in [0.2, 0.25) is 0 Å². The predicted molar refractivity (Wildman–Crippen MR) is 67.3 cm³/mol. The Hall–Kier alpha value is -1.64. The average Bonchev–Trinajstić information content (AvgIpc) is 2.84. The molecule has 3 rings (SSSR count). The van der Waals surface area contributed by atoms with E-state index in [2.05, 4.69) is 4.98 Å². The van der Waals surface area contributed by atoms with Gasteiger partial charge in [-0.05, 0) is 25.0 Å². The Kier molecular flexibility index (Phi) is 2.46. The Morgan fingerprint density at radius 3 is 2.76 bits per heavy atom. The molecule has 1 aromatic carbocycles. The molecule has 0 unspecified atom stereocenters. The van der Waals surface area contributed by atoms with Crippen LogP contribution in [0.1, 0.15) is 37.3 Å². The first kappa shape index (κ1) is 10.5. The van der Waals surface area contributed by atoms with Crippen LogP contribution in [0.25, 0.3) is 10.9 Å². The van der Waals surface area contributed by atoms with E-state index in [1.165, 1.54) is 18.9 Å². The SMILES string of the molecule is Nc1cc(C2CCCC2)nc2c(F)cccc12. The number of nitrogens with two attached hydrogens (primary N) is 1. The van der Waals surface area contributed by atoms with Crippen molar-refractivity contribution in [3.05, 3.63) is 35.8 Å². The fourth-order valence-electron chi connectivity index (χ4n) is 2.69. The lowest BCUT2D eigenvalue weighted by molar-refractivity contribution is 0.633. The first-order chi connectivity index (χ1) is 8.25. The topological polar surface area (TPSA) is 38.9 Å². The van der Waals surface area contributed by atoms with Gasteiger partial charge in [0.1, 0.15) is 11.3 Å². The number of hydrogen-bond acceptors (Lipinski definition) is 2. The lowest BCUT2D eigenvalue weighted by atomic mass is 10.0. The number of nitrogen functional groups attached to an aromatic ring is 1. The van der Waals surface area contributed by atoms with Crippen molar-refractivity contribution in [2.45, 2.75) is 31.6 Å². The van der Waals surface area contributed by atoms with Gasteiger partial charge in [0, 0.05) is 22.7 Å². The van der Waals surface area contributed by atoms with E-state index in [-0.39, 0.29) is 5.82 Å². The van der Waals surface area contributed by atoms with E-state index in [0.29, 0.717) is 22.5 Å². The van der Waals surface area contributed by atoms with Gasteiger partial charge < -0.3 is 5.73 Å². The smallest absolute Gasteiger partial charge is 0.149 e. The Balaban J connectivity index is 2.18. The van der Waals surface area contributed by atoms with Gasteiger partial charge in [0.05, 0.1) is 0 Å². The summed E-state index contributed by atoms with van der Waals surface area (Å²) in [5, 5.41) is 0.715. The largest absolute Gasteiger partial charge is 0.398 e. The van der Waals surface area contributed by atoms with E-state index >= 15 is 0 Å². The Morgan fingerprint density at radius 2 is 2.00 bits per heavy atom. The lowest BCUT2D eigenvalue weighted by Gasteiger charge is -2.11. The van der Waals surface area contributed by atoms with Gasteiger partial charge in [-0.3, -0.25) is 0 Å². The first-order valence-corrected chi connectivity index (χ1v) is 6.10. The van der Waals surface area contributed by atoms with Crippen molar-refractivity contribution in [3.8, 4) is 0 Å². The van der Waals surface area contributed by atoms with Crippen LogP contribution < -0.4 is 5.73 Å². The zero-order chi connectivity index (χ0) is 11.8. The molecule has 1 saturated carbocycles. The third-order valence-corrected chi connectivity index (χ3v) is 3.62. The maximum absolute atomic E-state index is 13.7. The zero-order valence-electron chi connectivity index (χ0n) is 9.62. The normalized spacial score (nSPS) is 16.8. The summed E-state index contributed by atoms with van der Waals surface area (Å²) in [6.07, 6.45) is 4.77. The number of halogens is 1. The van der Waals surface area contributed by atoms with E-state index in [1.54, 1.807) is 6.07 Å². The minimum atomic E-state index is -0.283. The molecule has 0 spiro atoms. The molecule has 88 valence electrons. The number of para-hydroxylation sites is 1. The molecule has 3 heteroatoms. The van der Waals surface area contributed by atoms with Crippen molar-refractivity contribution in [2.24, 2.45) is 0 Å². The predicted octanol–water partition coefficient (Wildman–Crippen LogP) is 3.61. The van der Waals surface area contributed by atoms with Crippen LogP contribution in [-0.2, 0) is 0 Å². The minimum Gasteiger partial charge on any atom is -0.398 e. The number of fused-ring (bicyclic) bond motifs is 1. The second-order valence-corrected chi connectivity index (χ2v) is 4.75. The molecule has 2 N–H and O–H groups in total. The molecule has 1 aromatic heterocycles. The number of benzene rings is 1. The maximum atomic E-state index is 13.7. The molecule has 1 heterocycles. The molecular formula is C14H15FN2. The van der Waals surface area contributed by atoms with Crippen LogP contribution >= 0.6 is 0 Å². The summed E-state index contributed by atoms with van der Waals surface area (Å²) in [4.78, 5) is 4.46. The van der Waals surface area contributed by atoms with Gasteiger partial charge >= 0.3 is 0 Å². The minimum absolute atomic E-state index is 0.283. The van der Waals surface area contributed by atoms with Gasteiger partial charge in [0.25, 0.3) is 0 Å². The highest BCUT2D eigenvalue weighted by molar-refractivity contribution is 5.90. The Morgan fingerprint density at radius 1 is 1.24 bits per heavy atom. The van der Waals surface area contributed by atoms with Gasteiger partial charge in [-0.15, -0.1) is 0 Å². The summed E-state index contributed by atoms with van der Waals surface area (Å²) < 4.78 is 13.7. The summed E-state index contributed by atoms with van der Waals surface area (Å²) >= 11 is 0. The van der Waals surface area contributed by atoms with Gasteiger partial charge in [-0.1, -0.05) is 25.0 Å². The van der Waals surface area contributed by atoms with Crippen molar-refractivity contribution in [3.63, 3.8) is 0 Å². The lowest BCUT2D eigenvalue weighted by Crippen LogP contribution is -2.01. The van der Waals surface area contributed by atoms with Gasteiger partial charge in [0.15, 0.2) is 0 Å². The molecule has 0 amide bonds.